The van der Waals surface area contributed by atoms with Crippen molar-refractivity contribution in [3.63, 3.8) is 0 Å². The molecule has 16 heavy (non-hydrogen) atoms. The number of nitrogens with zero attached hydrogens (tertiary/aromatic N) is 3. The largest absolute Gasteiger partial charge is 0.478 e. The summed E-state index contributed by atoms with van der Waals surface area (Å²) in [6.45, 7) is 0. The Morgan fingerprint density at radius 1 is 1.19 bits per heavy atom. The second kappa shape index (κ2) is 3.93. The maximum Gasteiger partial charge on any atom is 0.335 e. The van der Waals surface area contributed by atoms with Crippen LogP contribution in [0, 0.1) is 0 Å². The Morgan fingerprint density at radius 3 is 2.38 bits per heavy atom. The normalized spacial score (nSPS) is 10.0. The number of aromatic nitrogens is 3. The fourth-order valence-electron chi connectivity index (χ4n) is 1.20. The number of benzene rings is 1. The highest BCUT2D eigenvalue weighted by Gasteiger charge is 2.04. The van der Waals surface area contributed by atoms with Gasteiger partial charge in [-0.1, -0.05) is 12.1 Å². The van der Waals surface area contributed by atoms with Gasteiger partial charge in [0, 0.05) is 5.56 Å². The molecule has 1 heterocycles. The average Bonchev–Trinajstić information content (AvgIpc) is 2.30. The molecular weight excluding hydrogens is 208 g/mol. The summed E-state index contributed by atoms with van der Waals surface area (Å²) in [6.07, 6.45) is 1.48. The number of carboxylic acids is 1. The number of nitrogen functional groups attached to an aromatic ring is 1. The highest BCUT2D eigenvalue weighted by atomic mass is 16.4. The van der Waals surface area contributed by atoms with Crippen molar-refractivity contribution >= 4 is 11.9 Å². The summed E-state index contributed by atoms with van der Waals surface area (Å²) in [7, 11) is 0. The summed E-state index contributed by atoms with van der Waals surface area (Å²) >= 11 is 0. The Kier molecular flexibility index (Phi) is 2.47. The van der Waals surface area contributed by atoms with Crippen LogP contribution in [-0.2, 0) is 0 Å². The number of hydrogen-bond acceptors (Lipinski definition) is 5. The van der Waals surface area contributed by atoms with Gasteiger partial charge in [-0.25, -0.2) is 9.78 Å². The summed E-state index contributed by atoms with van der Waals surface area (Å²) in [5.74, 6) is -0.862. The molecule has 2 aromatic rings. The molecule has 0 fully saturated rings. The first kappa shape index (κ1) is 10.0. The molecule has 0 amide bonds. The fraction of sp³-hybridized carbons (Fsp3) is 0. The van der Waals surface area contributed by atoms with Crippen LogP contribution in [0.1, 0.15) is 10.4 Å². The molecule has 1 aromatic heterocycles. The highest BCUT2D eigenvalue weighted by Crippen LogP contribution is 2.15. The van der Waals surface area contributed by atoms with Crippen LogP contribution in [0.4, 0.5) is 5.95 Å². The topological polar surface area (TPSA) is 102 Å². The van der Waals surface area contributed by atoms with Gasteiger partial charge in [-0.15, -0.1) is 10.2 Å². The predicted molar refractivity (Wildman–Crippen MR) is 56.6 cm³/mol. The van der Waals surface area contributed by atoms with E-state index in [0.29, 0.717) is 5.69 Å². The molecular formula is C10H8N4O2. The molecule has 0 spiro atoms. The van der Waals surface area contributed by atoms with Crippen LogP contribution in [0.2, 0.25) is 0 Å². The van der Waals surface area contributed by atoms with Crippen LogP contribution in [0.15, 0.2) is 30.5 Å². The van der Waals surface area contributed by atoms with Gasteiger partial charge in [-0.05, 0) is 12.1 Å². The molecule has 0 aliphatic heterocycles. The van der Waals surface area contributed by atoms with Gasteiger partial charge in [0.1, 0.15) is 5.69 Å². The van der Waals surface area contributed by atoms with Crippen molar-refractivity contribution in [2.24, 2.45) is 0 Å². The van der Waals surface area contributed by atoms with Crippen molar-refractivity contribution in [3.8, 4) is 11.3 Å². The number of anilines is 1. The monoisotopic (exact) mass is 216 g/mol. The minimum absolute atomic E-state index is 0.103. The van der Waals surface area contributed by atoms with Crippen molar-refractivity contribution in [1.82, 2.24) is 15.2 Å². The zero-order chi connectivity index (χ0) is 11.5. The van der Waals surface area contributed by atoms with Crippen molar-refractivity contribution in [2.75, 3.05) is 5.73 Å². The molecule has 1 aromatic carbocycles. The fourth-order valence-corrected chi connectivity index (χ4v) is 1.20. The molecule has 0 aliphatic rings. The first-order valence-electron chi connectivity index (χ1n) is 4.46. The van der Waals surface area contributed by atoms with Gasteiger partial charge in [0.05, 0.1) is 11.8 Å². The van der Waals surface area contributed by atoms with Crippen LogP contribution in [0.5, 0.6) is 0 Å². The highest BCUT2D eigenvalue weighted by molar-refractivity contribution is 5.88. The van der Waals surface area contributed by atoms with E-state index in [0.717, 1.165) is 5.56 Å². The molecule has 0 saturated carbocycles. The number of carboxylic acid groups (broad SMARTS) is 1. The average molecular weight is 216 g/mol. The lowest BCUT2D eigenvalue weighted by molar-refractivity contribution is 0.0697. The lowest BCUT2D eigenvalue weighted by Crippen LogP contribution is -1.98. The third-order valence-corrected chi connectivity index (χ3v) is 2.01. The Bertz CT molecular complexity index is 507. The SMILES string of the molecule is Nc1ncc(-c2ccc(C(=O)O)cc2)nn1. The molecule has 80 valence electrons. The lowest BCUT2D eigenvalue weighted by Gasteiger charge is -2.00. The van der Waals surface area contributed by atoms with E-state index in [1.165, 1.54) is 18.3 Å². The molecule has 6 nitrogen and oxygen atoms in total. The van der Waals surface area contributed by atoms with Gasteiger partial charge in [-0.2, -0.15) is 0 Å². The van der Waals surface area contributed by atoms with E-state index >= 15 is 0 Å². The van der Waals surface area contributed by atoms with Crippen molar-refractivity contribution < 1.29 is 9.90 Å². The predicted octanol–water partition coefficient (Wildman–Crippen LogP) is 0.819. The summed E-state index contributed by atoms with van der Waals surface area (Å²) < 4.78 is 0. The van der Waals surface area contributed by atoms with Crippen LogP contribution in [0.25, 0.3) is 11.3 Å². The van der Waals surface area contributed by atoms with Gasteiger partial charge < -0.3 is 10.8 Å². The Morgan fingerprint density at radius 2 is 1.88 bits per heavy atom. The number of rotatable bonds is 2. The van der Waals surface area contributed by atoms with Crippen LogP contribution >= 0.6 is 0 Å². The van der Waals surface area contributed by atoms with Gasteiger partial charge in [0.25, 0.3) is 0 Å². The second-order valence-electron chi connectivity index (χ2n) is 3.08. The van der Waals surface area contributed by atoms with E-state index in [9.17, 15) is 4.79 Å². The smallest absolute Gasteiger partial charge is 0.335 e. The van der Waals surface area contributed by atoms with E-state index < -0.39 is 5.97 Å². The van der Waals surface area contributed by atoms with E-state index in [-0.39, 0.29) is 11.5 Å². The molecule has 0 atom stereocenters. The minimum Gasteiger partial charge on any atom is -0.478 e. The second-order valence-corrected chi connectivity index (χ2v) is 3.08. The standard InChI is InChI=1S/C10H8N4O2/c11-10-12-5-8(13-14-10)6-1-3-7(4-2-6)9(15)16/h1-5H,(H,15,16)(H2,11,12,14). The maximum atomic E-state index is 10.6. The van der Waals surface area contributed by atoms with Crippen LogP contribution in [0.3, 0.4) is 0 Å². The first-order valence-corrected chi connectivity index (χ1v) is 4.46. The number of hydrogen-bond donors (Lipinski definition) is 2. The third kappa shape index (κ3) is 1.95. The molecule has 2 rings (SSSR count). The first-order chi connectivity index (χ1) is 7.66. The third-order valence-electron chi connectivity index (χ3n) is 2.01. The summed E-state index contributed by atoms with van der Waals surface area (Å²) in [6, 6.07) is 6.28. The Hall–Kier alpha value is -2.50. The molecule has 3 N–H and O–H groups in total. The van der Waals surface area contributed by atoms with Crippen molar-refractivity contribution in [3.05, 3.63) is 36.0 Å². The van der Waals surface area contributed by atoms with E-state index in [1.54, 1.807) is 12.1 Å². The lowest BCUT2D eigenvalue weighted by atomic mass is 10.1. The summed E-state index contributed by atoms with van der Waals surface area (Å²) in [5.41, 5.74) is 6.82. The van der Waals surface area contributed by atoms with Crippen molar-refractivity contribution in [1.29, 1.82) is 0 Å². The van der Waals surface area contributed by atoms with Gasteiger partial charge in [0.15, 0.2) is 0 Å². The van der Waals surface area contributed by atoms with Gasteiger partial charge >= 0.3 is 5.97 Å². The van der Waals surface area contributed by atoms with E-state index in [2.05, 4.69) is 15.2 Å². The van der Waals surface area contributed by atoms with Crippen molar-refractivity contribution in [2.45, 2.75) is 0 Å². The number of nitrogens with two attached hydrogens (primary N) is 1. The number of carbonyl (C=O) groups is 1. The molecule has 0 unspecified atom stereocenters. The Labute approximate surface area is 90.8 Å². The van der Waals surface area contributed by atoms with Crippen LogP contribution in [-0.4, -0.2) is 26.3 Å². The molecule has 0 bridgehead atoms. The van der Waals surface area contributed by atoms with Crippen LogP contribution < -0.4 is 5.73 Å². The van der Waals surface area contributed by atoms with E-state index in [1.807, 2.05) is 0 Å². The van der Waals surface area contributed by atoms with Gasteiger partial charge in [0.2, 0.25) is 5.95 Å². The maximum absolute atomic E-state index is 10.6. The van der Waals surface area contributed by atoms with E-state index in [4.69, 9.17) is 10.8 Å². The Balaban J connectivity index is 2.34. The summed E-state index contributed by atoms with van der Waals surface area (Å²) in [5, 5.41) is 16.2. The minimum atomic E-state index is -0.965. The zero-order valence-electron chi connectivity index (χ0n) is 8.16. The summed E-state index contributed by atoms with van der Waals surface area (Å²) in [4.78, 5) is 14.4. The zero-order valence-corrected chi connectivity index (χ0v) is 8.16. The number of aromatic carboxylic acids is 1. The van der Waals surface area contributed by atoms with Gasteiger partial charge in [-0.3, -0.25) is 0 Å². The quantitative estimate of drug-likeness (QED) is 0.770. The molecule has 0 aliphatic carbocycles. The molecule has 6 heteroatoms. The molecule has 0 saturated heterocycles. The molecule has 0 radical (unpaired) electrons.